The van der Waals surface area contributed by atoms with Crippen LogP contribution in [-0.4, -0.2) is 63.3 Å². The Bertz CT molecular complexity index is 234. The van der Waals surface area contributed by atoms with Crippen LogP contribution in [0.1, 0.15) is 13.8 Å². The molecule has 1 amide bonds. The average molecular weight is 246 g/mol. The molecule has 100 valence electrons. The smallest absolute Gasteiger partial charge is 0.332 e. The number of carbonyl (C=O) groups is 2. The molecule has 0 rings (SSSR count). The van der Waals surface area contributed by atoms with E-state index in [0.717, 1.165) is 6.54 Å². The number of esters is 1. The lowest BCUT2D eigenvalue weighted by Gasteiger charge is -2.18. The lowest BCUT2D eigenvalue weighted by Crippen LogP contribution is -2.37. The summed E-state index contributed by atoms with van der Waals surface area (Å²) in [5.74, 6) is -0.390. The number of carbonyl (C=O) groups excluding carboxylic acids is 2. The van der Waals surface area contributed by atoms with Crippen molar-refractivity contribution in [1.82, 2.24) is 10.2 Å². The van der Waals surface area contributed by atoms with Gasteiger partial charge in [-0.2, -0.15) is 0 Å². The molecule has 0 radical (unpaired) electrons. The highest BCUT2D eigenvalue weighted by Gasteiger charge is 2.07. The normalized spacial score (nSPS) is 10.4. The molecule has 17 heavy (non-hydrogen) atoms. The zero-order valence-corrected chi connectivity index (χ0v) is 10.8. The Balaban J connectivity index is 3.62. The van der Waals surface area contributed by atoms with Crippen LogP contribution in [0.15, 0.2) is 0 Å². The molecule has 0 spiro atoms. The van der Waals surface area contributed by atoms with E-state index in [1.165, 1.54) is 0 Å². The van der Waals surface area contributed by atoms with Crippen molar-refractivity contribution in [2.45, 2.75) is 13.8 Å². The van der Waals surface area contributed by atoms with Gasteiger partial charge in [-0.3, -0.25) is 9.69 Å². The van der Waals surface area contributed by atoms with Gasteiger partial charge in [0.25, 0.3) is 0 Å². The van der Waals surface area contributed by atoms with Crippen molar-refractivity contribution in [3.63, 3.8) is 0 Å². The number of ether oxygens (including phenoxy) is 2. The minimum absolute atomic E-state index is 0.0303. The maximum Gasteiger partial charge on any atom is 0.332 e. The molecule has 0 aromatic carbocycles. The van der Waals surface area contributed by atoms with Crippen LogP contribution < -0.4 is 5.32 Å². The van der Waals surface area contributed by atoms with Crippen LogP contribution in [0.4, 0.5) is 0 Å². The molecule has 0 saturated heterocycles. The van der Waals surface area contributed by atoms with Gasteiger partial charge < -0.3 is 14.8 Å². The molecule has 0 aliphatic heterocycles. The minimum atomic E-state index is -0.359. The second-order valence-electron chi connectivity index (χ2n) is 3.40. The van der Waals surface area contributed by atoms with Crippen LogP contribution in [0.2, 0.25) is 0 Å². The van der Waals surface area contributed by atoms with E-state index >= 15 is 0 Å². The Kier molecular flexibility index (Phi) is 9.37. The Hall–Kier alpha value is -1.14. The van der Waals surface area contributed by atoms with E-state index in [9.17, 15) is 9.59 Å². The quantitative estimate of drug-likeness (QED) is 0.444. The fourth-order valence-electron chi connectivity index (χ4n) is 1.18. The standard InChI is InChI=1S/C11H22N2O4/c1-4-13(8-10(14)12-3)6-7-16-9-11(15)17-5-2/h4-9H2,1-3H3,(H,12,14). The molecule has 0 aromatic rings. The fourth-order valence-corrected chi connectivity index (χ4v) is 1.18. The van der Waals surface area contributed by atoms with E-state index in [4.69, 9.17) is 9.47 Å². The summed E-state index contributed by atoms with van der Waals surface area (Å²) in [5.41, 5.74) is 0. The van der Waals surface area contributed by atoms with Crippen molar-refractivity contribution >= 4 is 11.9 Å². The third kappa shape index (κ3) is 8.65. The lowest BCUT2D eigenvalue weighted by atomic mass is 10.4. The van der Waals surface area contributed by atoms with Crippen LogP contribution in [0.25, 0.3) is 0 Å². The third-order valence-corrected chi connectivity index (χ3v) is 2.17. The zero-order chi connectivity index (χ0) is 13.1. The largest absolute Gasteiger partial charge is 0.464 e. The Morgan fingerprint density at radius 2 is 2.00 bits per heavy atom. The predicted molar refractivity (Wildman–Crippen MR) is 63.6 cm³/mol. The molecular weight excluding hydrogens is 224 g/mol. The molecule has 0 aromatic heterocycles. The van der Waals surface area contributed by atoms with Crippen molar-refractivity contribution in [3.05, 3.63) is 0 Å². The molecule has 0 heterocycles. The van der Waals surface area contributed by atoms with Crippen molar-refractivity contribution in [1.29, 1.82) is 0 Å². The molecule has 0 saturated carbocycles. The SMILES string of the molecule is CCOC(=O)COCCN(CC)CC(=O)NC. The van der Waals surface area contributed by atoms with Crippen molar-refractivity contribution < 1.29 is 19.1 Å². The maximum atomic E-state index is 11.1. The van der Waals surface area contributed by atoms with E-state index in [2.05, 4.69) is 5.32 Å². The molecule has 6 heteroatoms. The van der Waals surface area contributed by atoms with Crippen LogP contribution in [-0.2, 0) is 19.1 Å². The molecule has 0 unspecified atom stereocenters. The summed E-state index contributed by atoms with van der Waals surface area (Å²) in [6.07, 6.45) is 0. The van der Waals surface area contributed by atoms with E-state index in [0.29, 0.717) is 26.3 Å². The van der Waals surface area contributed by atoms with Gasteiger partial charge in [-0.25, -0.2) is 4.79 Å². The highest BCUT2D eigenvalue weighted by Crippen LogP contribution is 1.89. The van der Waals surface area contributed by atoms with Gasteiger partial charge in [-0.15, -0.1) is 0 Å². The first-order chi connectivity index (χ1) is 8.13. The van der Waals surface area contributed by atoms with E-state index in [-0.39, 0.29) is 18.5 Å². The van der Waals surface area contributed by atoms with Gasteiger partial charge in [0.15, 0.2) is 0 Å². The van der Waals surface area contributed by atoms with Crippen molar-refractivity contribution in [3.8, 4) is 0 Å². The molecule has 0 aliphatic rings. The molecule has 6 nitrogen and oxygen atoms in total. The van der Waals surface area contributed by atoms with Crippen molar-refractivity contribution in [2.75, 3.05) is 46.5 Å². The monoisotopic (exact) mass is 246 g/mol. The molecule has 1 N–H and O–H groups in total. The van der Waals surface area contributed by atoms with Gasteiger partial charge >= 0.3 is 5.97 Å². The number of nitrogens with zero attached hydrogens (tertiary/aromatic N) is 1. The third-order valence-electron chi connectivity index (χ3n) is 2.17. The number of amides is 1. The lowest BCUT2D eigenvalue weighted by molar-refractivity contribution is -0.148. The van der Waals surface area contributed by atoms with E-state index in [1.807, 2.05) is 11.8 Å². The van der Waals surface area contributed by atoms with Gasteiger partial charge in [-0.1, -0.05) is 6.92 Å². The van der Waals surface area contributed by atoms with Crippen LogP contribution in [0, 0.1) is 0 Å². The summed E-state index contributed by atoms with van der Waals surface area (Å²) in [7, 11) is 1.60. The summed E-state index contributed by atoms with van der Waals surface area (Å²) in [6.45, 7) is 6.17. The van der Waals surface area contributed by atoms with Gasteiger partial charge in [-0.05, 0) is 13.5 Å². The zero-order valence-electron chi connectivity index (χ0n) is 10.8. The van der Waals surface area contributed by atoms with Gasteiger partial charge in [0.05, 0.1) is 19.8 Å². The van der Waals surface area contributed by atoms with Crippen molar-refractivity contribution in [2.24, 2.45) is 0 Å². The first-order valence-electron chi connectivity index (χ1n) is 5.80. The Labute approximate surface area is 102 Å². The van der Waals surface area contributed by atoms with E-state index < -0.39 is 0 Å². The topological polar surface area (TPSA) is 67.9 Å². The number of likely N-dealkylation sites (N-methyl/N-ethyl adjacent to an activating group) is 2. The van der Waals surface area contributed by atoms with Gasteiger partial charge in [0, 0.05) is 13.6 Å². The minimum Gasteiger partial charge on any atom is -0.464 e. The molecule has 0 bridgehead atoms. The van der Waals surface area contributed by atoms with Gasteiger partial charge in [0.2, 0.25) is 5.91 Å². The summed E-state index contributed by atoms with van der Waals surface area (Å²) < 4.78 is 9.86. The second-order valence-corrected chi connectivity index (χ2v) is 3.40. The fraction of sp³-hybridized carbons (Fsp3) is 0.818. The number of hydrogen-bond donors (Lipinski definition) is 1. The summed E-state index contributed by atoms with van der Waals surface area (Å²) in [6, 6.07) is 0. The molecule has 0 atom stereocenters. The highest BCUT2D eigenvalue weighted by molar-refractivity contribution is 5.77. The number of nitrogens with one attached hydrogen (secondary N) is 1. The van der Waals surface area contributed by atoms with Crippen LogP contribution in [0.3, 0.4) is 0 Å². The summed E-state index contributed by atoms with van der Waals surface area (Å²) in [5, 5.41) is 2.56. The second kappa shape index (κ2) is 10.0. The summed E-state index contributed by atoms with van der Waals surface area (Å²) >= 11 is 0. The molecule has 0 aliphatic carbocycles. The number of rotatable bonds is 9. The first-order valence-corrected chi connectivity index (χ1v) is 5.80. The molecular formula is C11H22N2O4. The average Bonchev–Trinajstić information content (AvgIpc) is 2.33. The predicted octanol–water partition coefficient (Wildman–Crippen LogP) is -0.366. The van der Waals surface area contributed by atoms with Crippen LogP contribution >= 0.6 is 0 Å². The Morgan fingerprint density at radius 3 is 2.53 bits per heavy atom. The van der Waals surface area contributed by atoms with Crippen LogP contribution in [0.5, 0.6) is 0 Å². The summed E-state index contributed by atoms with van der Waals surface area (Å²) in [4.78, 5) is 24.0. The molecule has 0 fully saturated rings. The Morgan fingerprint density at radius 1 is 1.29 bits per heavy atom. The van der Waals surface area contributed by atoms with Gasteiger partial charge in [0.1, 0.15) is 6.61 Å². The number of hydrogen-bond acceptors (Lipinski definition) is 5. The highest BCUT2D eigenvalue weighted by atomic mass is 16.6. The van der Waals surface area contributed by atoms with E-state index in [1.54, 1.807) is 14.0 Å². The maximum absolute atomic E-state index is 11.1. The first kappa shape index (κ1) is 15.9.